The van der Waals surface area contributed by atoms with E-state index < -0.39 is 0 Å². The number of hydrogen-bond donors (Lipinski definition) is 1. The number of nitrogens with one attached hydrogen (secondary N) is 1. The van der Waals surface area contributed by atoms with Gasteiger partial charge in [0.1, 0.15) is 0 Å². The Morgan fingerprint density at radius 1 is 1.13 bits per heavy atom. The Bertz CT molecular complexity index is 147. The van der Waals surface area contributed by atoms with Gasteiger partial charge in [-0.2, -0.15) is 0 Å². The Balaban J connectivity index is 2.34. The van der Waals surface area contributed by atoms with E-state index in [-0.39, 0.29) is 0 Å². The molecule has 1 fully saturated rings. The van der Waals surface area contributed by atoms with Gasteiger partial charge in [0, 0.05) is 6.04 Å². The summed E-state index contributed by atoms with van der Waals surface area (Å²) in [6, 6.07) is 0.797. The molecule has 0 aromatic carbocycles. The molecule has 1 unspecified atom stereocenters. The fourth-order valence-corrected chi connectivity index (χ4v) is 2.72. The molecule has 1 aliphatic rings. The zero-order chi connectivity index (χ0) is 11.1. The van der Waals surface area contributed by atoms with Crippen molar-refractivity contribution in [1.29, 1.82) is 0 Å². The van der Waals surface area contributed by atoms with Crippen molar-refractivity contribution in [3.05, 3.63) is 0 Å². The van der Waals surface area contributed by atoms with E-state index >= 15 is 0 Å². The Kier molecular flexibility index (Phi) is 6.31. The van der Waals surface area contributed by atoms with Crippen molar-refractivity contribution in [2.45, 2.75) is 71.8 Å². The largest absolute Gasteiger partial charge is 0.314 e. The molecule has 1 atom stereocenters. The van der Waals surface area contributed by atoms with Gasteiger partial charge in [0.2, 0.25) is 0 Å². The Morgan fingerprint density at radius 3 is 2.20 bits per heavy atom. The highest BCUT2D eigenvalue weighted by Crippen LogP contribution is 2.33. The van der Waals surface area contributed by atoms with Crippen molar-refractivity contribution in [3.63, 3.8) is 0 Å². The summed E-state index contributed by atoms with van der Waals surface area (Å²) in [7, 11) is 0. The average molecular weight is 211 g/mol. The lowest BCUT2D eigenvalue weighted by molar-refractivity contribution is 0.215. The zero-order valence-corrected chi connectivity index (χ0v) is 10.9. The van der Waals surface area contributed by atoms with E-state index in [1.807, 2.05) is 0 Å². The van der Waals surface area contributed by atoms with Crippen molar-refractivity contribution >= 4 is 0 Å². The van der Waals surface area contributed by atoms with Crippen LogP contribution in [0.2, 0.25) is 0 Å². The van der Waals surface area contributed by atoms with Crippen molar-refractivity contribution in [1.82, 2.24) is 5.32 Å². The maximum atomic E-state index is 3.77. The molecule has 1 aliphatic carbocycles. The molecule has 1 rings (SSSR count). The third-order valence-electron chi connectivity index (χ3n) is 4.09. The molecule has 15 heavy (non-hydrogen) atoms. The van der Waals surface area contributed by atoms with Gasteiger partial charge in [0.05, 0.1) is 0 Å². The molecular formula is C14H29N. The van der Waals surface area contributed by atoms with Gasteiger partial charge in [-0.25, -0.2) is 0 Å². The van der Waals surface area contributed by atoms with Crippen LogP contribution in [0.4, 0.5) is 0 Å². The Morgan fingerprint density at radius 2 is 1.80 bits per heavy atom. The van der Waals surface area contributed by atoms with Crippen LogP contribution in [-0.4, -0.2) is 12.6 Å². The van der Waals surface area contributed by atoms with Crippen LogP contribution in [0.15, 0.2) is 0 Å². The molecule has 0 heterocycles. The van der Waals surface area contributed by atoms with E-state index in [0.29, 0.717) is 0 Å². The van der Waals surface area contributed by atoms with Crippen molar-refractivity contribution in [2.24, 2.45) is 11.8 Å². The average Bonchev–Trinajstić information content (AvgIpc) is 2.20. The van der Waals surface area contributed by atoms with Gasteiger partial charge in [0.25, 0.3) is 0 Å². The molecule has 90 valence electrons. The van der Waals surface area contributed by atoms with E-state index in [4.69, 9.17) is 0 Å². The van der Waals surface area contributed by atoms with Gasteiger partial charge in [-0.15, -0.1) is 0 Å². The molecule has 0 bridgehead atoms. The monoisotopic (exact) mass is 211 g/mol. The summed E-state index contributed by atoms with van der Waals surface area (Å²) in [5.41, 5.74) is 0. The minimum atomic E-state index is 0.797. The summed E-state index contributed by atoms with van der Waals surface area (Å²) >= 11 is 0. The number of rotatable bonds is 8. The Labute approximate surface area is 96.0 Å². The van der Waals surface area contributed by atoms with Crippen LogP contribution in [0.1, 0.15) is 65.7 Å². The maximum absolute atomic E-state index is 3.77. The van der Waals surface area contributed by atoms with Gasteiger partial charge in [-0.3, -0.25) is 0 Å². The Hall–Kier alpha value is -0.0400. The van der Waals surface area contributed by atoms with E-state index in [2.05, 4.69) is 26.1 Å². The molecule has 0 spiro atoms. The third-order valence-corrected chi connectivity index (χ3v) is 4.09. The minimum Gasteiger partial charge on any atom is -0.314 e. The standard InChI is InChI=1S/C14H29N/c1-4-10-15-14(13(5-2)6-3)11-12-8-7-9-12/h12-15H,4-11H2,1-3H3. The summed E-state index contributed by atoms with van der Waals surface area (Å²) in [5, 5.41) is 3.77. The molecule has 0 aromatic heterocycles. The third kappa shape index (κ3) is 4.14. The summed E-state index contributed by atoms with van der Waals surface area (Å²) < 4.78 is 0. The smallest absolute Gasteiger partial charge is 0.00977 e. The molecule has 1 N–H and O–H groups in total. The summed E-state index contributed by atoms with van der Waals surface area (Å²) in [6.07, 6.45) is 9.84. The highest BCUT2D eigenvalue weighted by atomic mass is 14.9. The van der Waals surface area contributed by atoms with Gasteiger partial charge in [-0.1, -0.05) is 52.9 Å². The van der Waals surface area contributed by atoms with E-state index in [9.17, 15) is 0 Å². The minimum absolute atomic E-state index is 0.797. The summed E-state index contributed by atoms with van der Waals surface area (Å²) in [5.74, 6) is 1.94. The van der Waals surface area contributed by atoms with Gasteiger partial charge < -0.3 is 5.32 Å². The topological polar surface area (TPSA) is 12.0 Å². The summed E-state index contributed by atoms with van der Waals surface area (Å²) in [6.45, 7) is 8.15. The highest BCUT2D eigenvalue weighted by Gasteiger charge is 2.25. The first kappa shape index (κ1) is 13.0. The van der Waals surface area contributed by atoms with Crippen LogP contribution >= 0.6 is 0 Å². The first-order valence-electron chi connectivity index (χ1n) is 7.05. The predicted molar refractivity (Wildman–Crippen MR) is 68.1 cm³/mol. The number of hydrogen-bond acceptors (Lipinski definition) is 1. The first-order valence-corrected chi connectivity index (χ1v) is 7.05. The van der Waals surface area contributed by atoms with Crippen molar-refractivity contribution < 1.29 is 0 Å². The molecule has 1 heteroatoms. The van der Waals surface area contributed by atoms with E-state index in [1.54, 1.807) is 0 Å². The SMILES string of the molecule is CCCNC(CC1CCC1)C(CC)CC. The lowest BCUT2D eigenvalue weighted by Crippen LogP contribution is -2.39. The lowest BCUT2D eigenvalue weighted by atomic mass is 9.77. The molecule has 0 radical (unpaired) electrons. The van der Waals surface area contributed by atoms with Crippen LogP contribution in [0.25, 0.3) is 0 Å². The molecule has 1 nitrogen and oxygen atoms in total. The zero-order valence-electron chi connectivity index (χ0n) is 10.9. The second-order valence-corrected chi connectivity index (χ2v) is 5.17. The second kappa shape index (κ2) is 7.27. The molecule has 0 saturated heterocycles. The molecular weight excluding hydrogens is 182 g/mol. The van der Waals surface area contributed by atoms with Gasteiger partial charge >= 0.3 is 0 Å². The van der Waals surface area contributed by atoms with Crippen molar-refractivity contribution in [3.8, 4) is 0 Å². The highest BCUT2D eigenvalue weighted by molar-refractivity contribution is 4.81. The first-order chi connectivity index (χ1) is 7.31. The normalized spacial score (nSPS) is 19.2. The fourth-order valence-electron chi connectivity index (χ4n) is 2.72. The molecule has 0 aromatic rings. The van der Waals surface area contributed by atoms with Gasteiger partial charge in [0.15, 0.2) is 0 Å². The lowest BCUT2D eigenvalue weighted by Gasteiger charge is -2.34. The quantitative estimate of drug-likeness (QED) is 0.640. The van der Waals surface area contributed by atoms with Crippen LogP contribution in [0.3, 0.4) is 0 Å². The predicted octanol–water partition coefficient (Wildman–Crippen LogP) is 3.98. The summed E-state index contributed by atoms with van der Waals surface area (Å²) in [4.78, 5) is 0. The van der Waals surface area contributed by atoms with Crippen LogP contribution in [-0.2, 0) is 0 Å². The second-order valence-electron chi connectivity index (χ2n) is 5.17. The fraction of sp³-hybridized carbons (Fsp3) is 1.00. The van der Waals surface area contributed by atoms with Crippen LogP contribution in [0, 0.1) is 11.8 Å². The van der Waals surface area contributed by atoms with Crippen LogP contribution < -0.4 is 5.32 Å². The molecule has 1 saturated carbocycles. The van der Waals surface area contributed by atoms with Gasteiger partial charge in [-0.05, 0) is 31.2 Å². The van der Waals surface area contributed by atoms with Crippen LogP contribution in [0.5, 0.6) is 0 Å². The van der Waals surface area contributed by atoms with E-state index in [1.165, 1.54) is 51.5 Å². The molecule has 0 aliphatic heterocycles. The van der Waals surface area contributed by atoms with Crippen molar-refractivity contribution in [2.75, 3.05) is 6.54 Å². The maximum Gasteiger partial charge on any atom is 0.00977 e. The van der Waals surface area contributed by atoms with E-state index in [0.717, 1.165) is 17.9 Å². The molecule has 0 amide bonds.